The third-order valence-corrected chi connectivity index (χ3v) is 5.52. The molecule has 1 aromatic rings. The van der Waals surface area contributed by atoms with E-state index in [2.05, 4.69) is 24.3 Å². The maximum absolute atomic E-state index is 10.9. The van der Waals surface area contributed by atoms with Gasteiger partial charge in [0.05, 0.1) is 0 Å². The van der Waals surface area contributed by atoms with Crippen LogP contribution in [-0.4, -0.2) is 24.1 Å². The van der Waals surface area contributed by atoms with Crippen molar-refractivity contribution in [2.45, 2.75) is 50.3 Å². The van der Waals surface area contributed by atoms with Crippen molar-refractivity contribution in [3.63, 3.8) is 0 Å². The first-order valence-corrected chi connectivity index (χ1v) is 9.53. The maximum Gasteiger partial charge on any atom is 0.125 e. The third-order valence-electron chi connectivity index (χ3n) is 3.49. The lowest BCUT2D eigenvalue weighted by molar-refractivity contribution is -0.115. The van der Waals surface area contributed by atoms with Gasteiger partial charge in [-0.15, -0.1) is 23.5 Å². The summed E-state index contributed by atoms with van der Waals surface area (Å²) in [5.41, 5.74) is -0.456. The summed E-state index contributed by atoms with van der Waals surface area (Å²) in [4.78, 5) is 24.2. The fourth-order valence-electron chi connectivity index (χ4n) is 1.61. The van der Waals surface area contributed by atoms with Crippen LogP contribution in [0.2, 0.25) is 0 Å². The van der Waals surface area contributed by atoms with Gasteiger partial charge in [0, 0.05) is 20.6 Å². The third kappa shape index (κ3) is 7.50. The first-order valence-electron chi connectivity index (χ1n) is 7.56. The second-order valence-corrected chi connectivity index (χ2v) is 9.22. The highest BCUT2D eigenvalue weighted by Gasteiger charge is 2.16. The van der Waals surface area contributed by atoms with Crippen LogP contribution in [0.4, 0.5) is 0 Å². The number of benzene rings is 1. The van der Waals surface area contributed by atoms with Crippen LogP contribution < -0.4 is 0 Å². The van der Waals surface area contributed by atoms with Crippen LogP contribution in [0.3, 0.4) is 0 Å². The number of hydrogen-bond donors (Lipinski definition) is 0. The summed E-state index contributed by atoms with van der Waals surface area (Å²) >= 11 is 3.58. The van der Waals surface area contributed by atoms with E-state index in [-0.39, 0.29) is 10.8 Å². The molecule has 0 saturated heterocycles. The van der Waals surface area contributed by atoms with E-state index in [4.69, 9.17) is 0 Å². The zero-order chi connectivity index (χ0) is 16.6. The first kappa shape index (κ1) is 19.3. The molecule has 0 bridgehead atoms. The second kappa shape index (κ2) is 8.78. The minimum atomic E-state index is -0.228. The Hall–Kier alpha value is -0.740. The van der Waals surface area contributed by atoms with E-state index in [1.807, 2.05) is 27.7 Å². The van der Waals surface area contributed by atoms with Crippen molar-refractivity contribution < 1.29 is 9.59 Å². The van der Waals surface area contributed by atoms with Crippen molar-refractivity contribution in [2.24, 2.45) is 10.8 Å². The second-order valence-electron chi connectivity index (χ2n) is 6.88. The Balaban J connectivity index is 2.37. The normalized spacial score (nSPS) is 12.2. The Labute approximate surface area is 142 Å². The zero-order valence-corrected chi connectivity index (χ0v) is 15.6. The molecular formula is C18H26O2S2. The number of aldehydes is 2. The van der Waals surface area contributed by atoms with Crippen molar-refractivity contribution in [2.75, 3.05) is 11.5 Å². The van der Waals surface area contributed by atoms with E-state index in [1.165, 1.54) is 9.79 Å². The average Bonchev–Trinajstić information content (AvgIpc) is 2.48. The SMILES string of the molecule is CC(C)(C=O)CCSc1ccc(SCCC(C)(C)C=O)cc1. The minimum Gasteiger partial charge on any atom is -0.303 e. The van der Waals surface area contributed by atoms with Crippen LogP contribution in [0.15, 0.2) is 34.1 Å². The molecule has 0 spiro atoms. The van der Waals surface area contributed by atoms with Gasteiger partial charge in [0.1, 0.15) is 12.6 Å². The Bertz CT molecular complexity index is 433. The van der Waals surface area contributed by atoms with Crippen LogP contribution in [0.5, 0.6) is 0 Å². The summed E-state index contributed by atoms with van der Waals surface area (Å²) in [5.74, 6) is 1.90. The first-order chi connectivity index (χ1) is 10.3. The van der Waals surface area contributed by atoms with E-state index < -0.39 is 0 Å². The lowest BCUT2D eigenvalue weighted by Crippen LogP contribution is -2.13. The Morgan fingerprint density at radius 1 is 0.773 bits per heavy atom. The Morgan fingerprint density at radius 3 is 1.36 bits per heavy atom. The molecule has 0 aliphatic carbocycles. The van der Waals surface area contributed by atoms with E-state index in [0.29, 0.717) is 0 Å². The van der Waals surface area contributed by atoms with Gasteiger partial charge in [-0.1, -0.05) is 27.7 Å². The van der Waals surface area contributed by atoms with Crippen molar-refractivity contribution in [3.05, 3.63) is 24.3 Å². The molecule has 0 atom stereocenters. The smallest absolute Gasteiger partial charge is 0.125 e. The van der Waals surface area contributed by atoms with Crippen LogP contribution in [0, 0.1) is 10.8 Å². The van der Waals surface area contributed by atoms with Gasteiger partial charge in [-0.05, 0) is 48.6 Å². The standard InChI is InChI=1S/C18H26O2S2/c1-17(2,13-19)9-11-21-15-5-7-16(8-6-15)22-12-10-18(3,4)14-20/h5-8,13-14H,9-12H2,1-4H3. The number of thioether (sulfide) groups is 2. The Kier molecular flexibility index (Phi) is 7.70. The van der Waals surface area contributed by atoms with Gasteiger partial charge in [0.25, 0.3) is 0 Å². The summed E-state index contributed by atoms with van der Waals surface area (Å²) in [6, 6.07) is 8.52. The molecule has 2 nitrogen and oxygen atoms in total. The fourth-order valence-corrected chi connectivity index (χ4v) is 4.00. The number of rotatable bonds is 10. The lowest BCUT2D eigenvalue weighted by Gasteiger charge is -2.16. The van der Waals surface area contributed by atoms with Crippen LogP contribution in [-0.2, 0) is 9.59 Å². The Morgan fingerprint density at radius 2 is 1.09 bits per heavy atom. The van der Waals surface area contributed by atoms with Gasteiger partial charge < -0.3 is 9.59 Å². The van der Waals surface area contributed by atoms with Crippen molar-refractivity contribution in [1.29, 1.82) is 0 Å². The highest BCUT2D eigenvalue weighted by atomic mass is 32.2. The van der Waals surface area contributed by atoms with Crippen molar-refractivity contribution >= 4 is 36.1 Å². The molecule has 1 aromatic carbocycles. The number of carbonyl (C=O) groups excluding carboxylic acids is 2. The molecule has 0 aliphatic heterocycles. The fraction of sp³-hybridized carbons (Fsp3) is 0.556. The predicted octanol–water partition coefficient (Wildman–Crippen LogP) is 5.10. The van der Waals surface area contributed by atoms with Gasteiger partial charge in [0.15, 0.2) is 0 Å². The highest BCUT2D eigenvalue weighted by molar-refractivity contribution is 7.99. The molecule has 0 aromatic heterocycles. The molecule has 0 aliphatic rings. The molecule has 0 unspecified atom stereocenters. The molecule has 1 rings (SSSR count). The average molecular weight is 339 g/mol. The molecule has 0 saturated carbocycles. The summed E-state index contributed by atoms with van der Waals surface area (Å²) in [6.07, 6.45) is 3.85. The van der Waals surface area contributed by atoms with Crippen LogP contribution >= 0.6 is 23.5 Å². The van der Waals surface area contributed by atoms with Gasteiger partial charge >= 0.3 is 0 Å². The highest BCUT2D eigenvalue weighted by Crippen LogP contribution is 2.29. The topological polar surface area (TPSA) is 34.1 Å². The molecule has 0 amide bonds. The van der Waals surface area contributed by atoms with Gasteiger partial charge in [0.2, 0.25) is 0 Å². The van der Waals surface area contributed by atoms with Gasteiger partial charge in [-0.3, -0.25) is 0 Å². The van der Waals surface area contributed by atoms with Crippen molar-refractivity contribution in [3.8, 4) is 0 Å². The zero-order valence-electron chi connectivity index (χ0n) is 13.9. The quantitative estimate of drug-likeness (QED) is 0.439. The monoisotopic (exact) mass is 338 g/mol. The molecule has 0 N–H and O–H groups in total. The van der Waals surface area contributed by atoms with E-state index >= 15 is 0 Å². The van der Waals surface area contributed by atoms with Crippen molar-refractivity contribution in [1.82, 2.24) is 0 Å². The summed E-state index contributed by atoms with van der Waals surface area (Å²) in [6.45, 7) is 7.89. The van der Waals surface area contributed by atoms with Gasteiger partial charge in [-0.25, -0.2) is 0 Å². The molecular weight excluding hydrogens is 312 g/mol. The van der Waals surface area contributed by atoms with Gasteiger partial charge in [-0.2, -0.15) is 0 Å². The maximum atomic E-state index is 10.9. The van der Waals surface area contributed by atoms with E-state index in [1.54, 1.807) is 23.5 Å². The minimum absolute atomic E-state index is 0.228. The molecule has 122 valence electrons. The van der Waals surface area contributed by atoms with E-state index in [9.17, 15) is 9.59 Å². The molecule has 22 heavy (non-hydrogen) atoms. The molecule has 0 heterocycles. The number of hydrogen-bond acceptors (Lipinski definition) is 4. The summed E-state index contributed by atoms with van der Waals surface area (Å²) < 4.78 is 0. The van der Waals surface area contributed by atoms with Crippen LogP contribution in [0.25, 0.3) is 0 Å². The predicted molar refractivity (Wildman–Crippen MR) is 96.8 cm³/mol. The largest absolute Gasteiger partial charge is 0.303 e. The summed E-state index contributed by atoms with van der Waals surface area (Å²) in [5, 5.41) is 0. The van der Waals surface area contributed by atoms with Crippen LogP contribution in [0.1, 0.15) is 40.5 Å². The summed E-state index contributed by atoms with van der Waals surface area (Å²) in [7, 11) is 0. The van der Waals surface area contributed by atoms with E-state index in [0.717, 1.165) is 36.9 Å². The molecule has 4 heteroatoms. The molecule has 0 radical (unpaired) electrons. The lowest BCUT2D eigenvalue weighted by atomic mass is 9.93. The number of carbonyl (C=O) groups is 2. The molecule has 0 fully saturated rings.